The second-order valence-corrected chi connectivity index (χ2v) is 8.15. The molecule has 6 heteroatoms. The fourth-order valence-corrected chi connectivity index (χ4v) is 4.85. The number of carbonyl (C=O) groups is 1. The number of hydrogen-bond donors (Lipinski definition) is 2. The van der Waals surface area contributed by atoms with Crippen LogP contribution in [0.2, 0.25) is 0 Å². The Labute approximate surface area is 162 Å². The molecule has 3 aromatic rings. The summed E-state index contributed by atoms with van der Waals surface area (Å²) in [6.07, 6.45) is 2.75. The lowest BCUT2D eigenvalue weighted by Gasteiger charge is -2.33. The Bertz CT molecular complexity index is 991. The highest BCUT2D eigenvalue weighted by Crippen LogP contribution is 2.31. The van der Waals surface area contributed by atoms with Crippen LogP contribution in [0.1, 0.15) is 18.4 Å². The van der Waals surface area contributed by atoms with E-state index in [4.69, 9.17) is 0 Å². The highest BCUT2D eigenvalue weighted by atomic mass is 32.1. The molecule has 1 aromatic heterocycles. The maximum absolute atomic E-state index is 12.8. The molecule has 0 unspecified atom stereocenters. The van der Waals surface area contributed by atoms with Crippen molar-refractivity contribution in [2.45, 2.75) is 19.3 Å². The summed E-state index contributed by atoms with van der Waals surface area (Å²) in [6, 6.07) is 12.5. The zero-order chi connectivity index (χ0) is 18.2. The molecule has 138 valence electrons. The van der Waals surface area contributed by atoms with Gasteiger partial charge in [-0.25, -0.2) is 4.98 Å². The average molecular weight is 379 g/mol. The van der Waals surface area contributed by atoms with Gasteiger partial charge in [0.15, 0.2) is 0 Å². The summed E-state index contributed by atoms with van der Waals surface area (Å²) in [5.41, 5.74) is 7.55. The van der Waals surface area contributed by atoms with Crippen LogP contribution >= 0.6 is 11.3 Å². The summed E-state index contributed by atoms with van der Waals surface area (Å²) in [6.45, 7) is 2.78. The van der Waals surface area contributed by atoms with E-state index in [9.17, 15) is 4.79 Å². The summed E-state index contributed by atoms with van der Waals surface area (Å²) in [7, 11) is 0. The van der Waals surface area contributed by atoms with Crippen LogP contribution in [-0.2, 0) is 11.2 Å². The molecule has 1 fully saturated rings. The number of thiazole rings is 1. The van der Waals surface area contributed by atoms with Crippen molar-refractivity contribution in [1.29, 1.82) is 0 Å². The largest absolute Gasteiger partial charge is 0.384 e. The Kier molecular flexibility index (Phi) is 4.20. The van der Waals surface area contributed by atoms with Crippen LogP contribution < -0.4 is 15.5 Å². The van der Waals surface area contributed by atoms with Crippen molar-refractivity contribution in [2.24, 2.45) is 5.92 Å². The summed E-state index contributed by atoms with van der Waals surface area (Å²) in [5.74, 6) is 0.242. The predicted molar refractivity (Wildman–Crippen MR) is 112 cm³/mol. The quantitative estimate of drug-likeness (QED) is 0.720. The Balaban J connectivity index is 1.24. The van der Waals surface area contributed by atoms with E-state index in [0.29, 0.717) is 0 Å². The number of benzene rings is 2. The third-order valence-electron chi connectivity index (χ3n) is 5.67. The first kappa shape index (κ1) is 16.6. The lowest BCUT2D eigenvalue weighted by molar-refractivity contribution is -0.120. The third kappa shape index (κ3) is 3.14. The molecule has 1 saturated heterocycles. The fraction of sp³-hybridized carbons (Fsp3) is 0.333. The molecule has 0 bridgehead atoms. The van der Waals surface area contributed by atoms with Crippen LogP contribution in [0.25, 0.3) is 10.2 Å². The standard InChI is InChI=1S/C21H22N4OS/c26-21(24-18-3-1-2-17-16(18)6-9-22-17)14-7-10-25(11-8-14)15-4-5-19-20(12-15)27-13-23-19/h1-5,12-14,22H,6-11H2,(H,24,26). The second-order valence-electron chi connectivity index (χ2n) is 7.26. The molecule has 0 radical (unpaired) electrons. The van der Waals surface area contributed by atoms with Gasteiger partial charge in [-0.15, -0.1) is 11.3 Å². The van der Waals surface area contributed by atoms with Crippen molar-refractivity contribution in [3.05, 3.63) is 47.5 Å². The molecule has 0 atom stereocenters. The van der Waals surface area contributed by atoms with Gasteiger partial charge in [0.05, 0.1) is 15.7 Å². The molecule has 2 aromatic carbocycles. The Morgan fingerprint density at radius 2 is 2.11 bits per heavy atom. The predicted octanol–water partition coefficient (Wildman–Crippen LogP) is 4.12. The van der Waals surface area contributed by atoms with Gasteiger partial charge >= 0.3 is 0 Å². The molecule has 1 amide bonds. The number of aromatic nitrogens is 1. The Morgan fingerprint density at radius 1 is 1.22 bits per heavy atom. The van der Waals surface area contributed by atoms with Crippen molar-refractivity contribution >= 4 is 44.5 Å². The summed E-state index contributed by atoms with van der Waals surface area (Å²) >= 11 is 1.67. The van der Waals surface area contributed by atoms with Gasteiger partial charge in [-0.3, -0.25) is 4.79 Å². The molecule has 3 heterocycles. The monoisotopic (exact) mass is 378 g/mol. The Morgan fingerprint density at radius 3 is 3.00 bits per heavy atom. The van der Waals surface area contributed by atoms with Crippen molar-refractivity contribution in [1.82, 2.24) is 4.98 Å². The minimum Gasteiger partial charge on any atom is -0.384 e. The summed E-state index contributed by atoms with van der Waals surface area (Å²) in [5, 5.41) is 6.55. The number of nitrogens with one attached hydrogen (secondary N) is 2. The van der Waals surface area contributed by atoms with E-state index in [1.165, 1.54) is 16.0 Å². The second kappa shape index (κ2) is 6.85. The van der Waals surface area contributed by atoms with Gasteiger partial charge in [0, 0.05) is 48.2 Å². The SMILES string of the molecule is O=C(Nc1cccc2c1CCN2)C1CCN(c2ccc3ncsc3c2)CC1. The van der Waals surface area contributed by atoms with Crippen molar-refractivity contribution in [2.75, 3.05) is 35.2 Å². The zero-order valence-electron chi connectivity index (χ0n) is 15.1. The lowest BCUT2D eigenvalue weighted by atomic mass is 9.95. The maximum Gasteiger partial charge on any atom is 0.227 e. The number of piperidine rings is 1. The van der Waals surface area contributed by atoms with Gasteiger partial charge in [-0.05, 0) is 49.6 Å². The summed E-state index contributed by atoms with van der Waals surface area (Å²) < 4.78 is 1.22. The first-order valence-corrected chi connectivity index (χ1v) is 10.4. The topological polar surface area (TPSA) is 57.3 Å². The molecule has 5 nitrogen and oxygen atoms in total. The van der Waals surface area contributed by atoms with Gasteiger partial charge < -0.3 is 15.5 Å². The lowest BCUT2D eigenvalue weighted by Crippen LogP contribution is -2.38. The number of anilines is 3. The van der Waals surface area contributed by atoms with E-state index in [1.54, 1.807) is 11.3 Å². The number of rotatable bonds is 3. The minimum absolute atomic E-state index is 0.0820. The van der Waals surface area contributed by atoms with Crippen molar-refractivity contribution in [3.63, 3.8) is 0 Å². The minimum atomic E-state index is 0.0820. The van der Waals surface area contributed by atoms with E-state index in [-0.39, 0.29) is 11.8 Å². The van der Waals surface area contributed by atoms with Crippen LogP contribution in [0.5, 0.6) is 0 Å². The smallest absolute Gasteiger partial charge is 0.227 e. The van der Waals surface area contributed by atoms with E-state index < -0.39 is 0 Å². The Hall–Kier alpha value is -2.60. The third-order valence-corrected chi connectivity index (χ3v) is 6.46. The normalized spacial score (nSPS) is 17.0. The number of amides is 1. The van der Waals surface area contributed by atoms with Crippen LogP contribution in [0, 0.1) is 5.92 Å². The van der Waals surface area contributed by atoms with E-state index in [1.807, 2.05) is 17.6 Å². The molecule has 2 N–H and O–H groups in total. The number of hydrogen-bond acceptors (Lipinski definition) is 5. The molecule has 2 aliphatic heterocycles. The van der Waals surface area contributed by atoms with Gasteiger partial charge in [0.1, 0.15) is 0 Å². The molecule has 0 spiro atoms. The average Bonchev–Trinajstić information content (AvgIpc) is 3.37. The number of fused-ring (bicyclic) bond motifs is 2. The number of carbonyl (C=O) groups excluding carboxylic acids is 1. The molecular weight excluding hydrogens is 356 g/mol. The highest BCUT2D eigenvalue weighted by Gasteiger charge is 2.26. The van der Waals surface area contributed by atoms with Crippen LogP contribution in [0.3, 0.4) is 0 Å². The molecule has 0 aliphatic carbocycles. The van der Waals surface area contributed by atoms with Crippen molar-refractivity contribution < 1.29 is 4.79 Å². The molecular formula is C21H22N4OS. The van der Waals surface area contributed by atoms with Crippen LogP contribution in [0.4, 0.5) is 17.1 Å². The van der Waals surface area contributed by atoms with Gasteiger partial charge in [0.2, 0.25) is 5.91 Å². The summed E-state index contributed by atoms with van der Waals surface area (Å²) in [4.78, 5) is 19.5. The van der Waals surface area contributed by atoms with Crippen LogP contribution in [-0.4, -0.2) is 30.5 Å². The maximum atomic E-state index is 12.8. The van der Waals surface area contributed by atoms with E-state index >= 15 is 0 Å². The molecule has 0 saturated carbocycles. The zero-order valence-corrected chi connectivity index (χ0v) is 15.9. The first-order valence-electron chi connectivity index (χ1n) is 9.53. The van der Waals surface area contributed by atoms with Crippen molar-refractivity contribution in [3.8, 4) is 0 Å². The van der Waals surface area contributed by atoms with Gasteiger partial charge in [0.25, 0.3) is 0 Å². The molecule has 2 aliphatic rings. The van der Waals surface area contributed by atoms with Gasteiger partial charge in [-0.1, -0.05) is 6.07 Å². The highest BCUT2D eigenvalue weighted by molar-refractivity contribution is 7.16. The van der Waals surface area contributed by atoms with Crippen LogP contribution in [0.15, 0.2) is 41.9 Å². The molecule has 5 rings (SSSR count). The van der Waals surface area contributed by atoms with E-state index in [2.05, 4.69) is 44.8 Å². The molecule has 27 heavy (non-hydrogen) atoms. The van der Waals surface area contributed by atoms with E-state index in [0.717, 1.165) is 55.8 Å². The van der Waals surface area contributed by atoms with Gasteiger partial charge in [-0.2, -0.15) is 0 Å². The number of nitrogens with zero attached hydrogens (tertiary/aromatic N) is 2. The fourth-order valence-electron chi connectivity index (χ4n) is 4.14. The first-order chi connectivity index (χ1) is 13.3.